The van der Waals surface area contributed by atoms with Crippen LogP contribution in [-0.4, -0.2) is 20.5 Å². The Morgan fingerprint density at radius 2 is 1.83 bits per heavy atom. The number of aromatic nitrogens is 3. The quantitative estimate of drug-likeness (QED) is 0.806. The van der Waals surface area contributed by atoms with Crippen molar-refractivity contribution in [3.63, 3.8) is 0 Å². The molecule has 23 heavy (non-hydrogen) atoms. The van der Waals surface area contributed by atoms with Crippen LogP contribution in [0.4, 0.5) is 14.5 Å². The lowest BCUT2D eigenvalue weighted by Crippen LogP contribution is -2.13. The largest absolute Gasteiger partial charge is 0.322 e. The topological polar surface area (TPSA) is 59.3 Å². The Bertz CT molecular complexity index is 869. The molecule has 1 aromatic carbocycles. The van der Waals surface area contributed by atoms with Crippen molar-refractivity contribution in [2.45, 2.75) is 19.8 Å². The average molecular weight is 316 g/mol. The highest BCUT2D eigenvalue weighted by Crippen LogP contribution is 2.17. The molecule has 2 heterocycles. The van der Waals surface area contributed by atoms with Crippen LogP contribution in [-0.2, 0) is 0 Å². The number of amides is 1. The fraction of sp³-hybridized carbons (Fsp3) is 0.188. The lowest BCUT2D eigenvalue weighted by Gasteiger charge is -2.07. The minimum atomic E-state index is -0.753. The standard InChI is InChI=1S/C16H14F2N4O/c1-9(2)15-21-20-14-4-3-10(8-22(14)15)16(23)19-13-6-11(17)5-12(18)7-13/h3-9H,1-2H3,(H,19,23). The number of pyridine rings is 1. The highest BCUT2D eigenvalue weighted by Gasteiger charge is 2.13. The third kappa shape index (κ3) is 3.03. The molecule has 5 nitrogen and oxygen atoms in total. The van der Waals surface area contributed by atoms with Gasteiger partial charge in [-0.2, -0.15) is 0 Å². The van der Waals surface area contributed by atoms with Gasteiger partial charge in [-0.05, 0) is 24.3 Å². The molecule has 2 aromatic heterocycles. The Balaban J connectivity index is 1.92. The van der Waals surface area contributed by atoms with Gasteiger partial charge in [0.05, 0.1) is 5.56 Å². The molecule has 0 fully saturated rings. The molecule has 0 aliphatic carbocycles. The predicted octanol–water partition coefficient (Wildman–Crippen LogP) is 3.38. The second-order valence-electron chi connectivity index (χ2n) is 5.47. The number of carbonyl (C=O) groups excluding carboxylic acids is 1. The third-order valence-electron chi connectivity index (χ3n) is 3.33. The van der Waals surface area contributed by atoms with Crippen molar-refractivity contribution in [3.8, 4) is 0 Å². The summed E-state index contributed by atoms with van der Waals surface area (Å²) < 4.78 is 28.1. The van der Waals surface area contributed by atoms with E-state index in [4.69, 9.17) is 0 Å². The summed E-state index contributed by atoms with van der Waals surface area (Å²) in [6, 6.07) is 6.10. The molecule has 1 amide bonds. The summed E-state index contributed by atoms with van der Waals surface area (Å²) in [6.07, 6.45) is 1.61. The molecule has 118 valence electrons. The lowest BCUT2D eigenvalue weighted by atomic mass is 10.2. The average Bonchev–Trinajstić information content (AvgIpc) is 2.89. The van der Waals surface area contributed by atoms with E-state index in [1.807, 2.05) is 13.8 Å². The van der Waals surface area contributed by atoms with E-state index in [0.29, 0.717) is 11.2 Å². The van der Waals surface area contributed by atoms with Crippen molar-refractivity contribution in [3.05, 3.63) is 59.6 Å². The summed E-state index contributed by atoms with van der Waals surface area (Å²) in [4.78, 5) is 12.3. The second-order valence-corrected chi connectivity index (χ2v) is 5.47. The third-order valence-corrected chi connectivity index (χ3v) is 3.33. The first-order chi connectivity index (χ1) is 10.9. The molecule has 0 aliphatic rings. The number of halogens is 2. The number of rotatable bonds is 3. The van der Waals surface area contributed by atoms with Crippen molar-refractivity contribution in [2.24, 2.45) is 0 Å². The maximum Gasteiger partial charge on any atom is 0.257 e. The molecule has 0 saturated carbocycles. The smallest absolute Gasteiger partial charge is 0.257 e. The van der Waals surface area contributed by atoms with Crippen molar-refractivity contribution >= 4 is 17.2 Å². The molecule has 3 rings (SSSR count). The monoisotopic (exact) mass is 316 g/mol. The van der Waals surface area contributed by atoms with E-state index in [9.17, 15) is 13.6 Å². The predicted molar refractivity (Wildman–Crippen MR) is 81.4 cm³/mol. The lowest BCUT2D eigenvalue weighted by molar-refractivity contribution is 0.102. The van der Waals surface area contributed by atoms with Crippen LogP contribution in [0.25, 0.3) is 5.65 Å². The molecule has 0 aliphatic heterocycles. The Hall–Kier alpha value is -2.83. The van der Waals surface area contributed by atoms with Crippen LogP contribution in [0.15, 0.2) is 36.5 Å². The molecule has 0 radical (unpaired) electrons. The molecule has 1 N–H and O–H groups in total. The Morgan fingerprint density at radius 3 is 2.48 bits per heavy atom. The first-order valence-corrected chi connectivity index (χ1v) is 7.06. The fourth-order valence-electron chi connectivity index (χ4n) is 2.27. The normalized spacial score (nSPS) is 11.2. The van der Waals surface area contributed by atoms with Crippen LogP contribution in [0, 0.1) is 11.6 Å². The zero-order valence-electron chi connectivity index (χ0n) is 12.5. The van der Waals surface area contributed by atoms with Gasteiger partial charge < -0.3 is 5.32 Å². The van der Waals surface area contributed by atoms with Gasteiger partial charge in [-0.25, -0.2) is 8.78 Å². The van der Waals surface area contributed by atoms with E-state index in [-0.39, 0.29) is 11.6 Å². The van der Waals surface area contributed by atoms with Gasteiger partial charge in [-0.15, -0.1) is 10.2 Å². The van der Waals surface area contributed by atoms with Gasteiger partial charge in [0.2, 0.25) is 0 Å². The highest BCUT2D eigenvalue weighted by atomic mass is 19.1. The van der Waals surface area contributed by atoms with Crippen molar-refractivity contribution in [2.75, 3.05) is 5.32 Å². The molecular weight excluding hydrogens is 302 g/mol. The van der Waals surface area contributed by atoms with Gasteiger partial charge in [0, 0.05) is 23.9 Å². The summed E-state index contributed by atoms with van der Waals surface area (Å²) in [5, 5.41) is 10.6. The van der Waals surface area contributed by atoms with E-state index >= 15 is 0 Å². The number of carbonyl (C=O) groups is 1. The van der Waals surface area contributed by atoms with Crippen molar-refractivity contribution < 1.29 is 13.6 Å². The Kier molecular flexibility index (Phi) is 3.77. The van der Waals surface area contributed by atoms with E-state index < -0.39 is 17.5 Å². The summed E-state index contributed by atoms with van der Waals surface area (Å²) in [5.41, 5.74) is 1.02. The fourth-order valence-corrected chi connectivity index (χ4v) is 2.27. The van der Waals surface area contributed by atoms with E-state index in [0.717, 1.165) is 24.0 Å². The number of hydrogen-bond acceptors (Lipinski definition) is 3. The molecule has 0 unspecified atom stereocenters. The highest BCUT2D eigenvalue weighted by molar-refractivity contribution is 6.04. The molecule has 0 atom stereocenters. The summed E-state index contributed by atoms with van der Waals surface area (Å²) in [5.74, 6) is -1.11. The summed E-state index contributed by atoms with van der Waals surface area (Å²) >= 11 is 0. The summed E-state index contributed by atoms with van der Waals surface area (Å²) in [6.45, 7) is 3.94. The number of nitrogens with one attached hydrogen (secondary N) is 1. The molecule has 3 aromatic rings. The Morgan fingerprint density at radius 1 is 1.13 bits per heavy atom. The van der Waals surface area contributed by atoms with Crippen molar-refractivity contribution in [1.29, 1.82) is 0 Å². The first-order valence-electron chi connectivity index (χ1n) is 7.06. The number of nitrogens with zero attached hydrogens (tertiary/aromatic N) is 3. The van der Waals surface area contributed by atoms with E-state index in [1.165, 1.54) is 0 Å². The van der Waals surface area contributed by atoms with Crippen LogP contribution >= 0.6 is 0 Å². The molecule has 0 bridgehead atoms. The van der Waals surface area contributed by atoms with Crippen LogP contribution in [0.2, 0.25) is 0 Å². The zero-order chi connectivity index (χ0) is 16.6. The number of hydrogen-bond donors (Lipinski definition) is 1. The maximum atomic E-state index is 13.2. The number of fused-ring (bicyclic) bond motifs is 1. The zero-order valence-corrected chi connectivity index (χ0v) is 12.5. The molecule has 0 spiro atoms. The van der Waals surface area contributed by atoms with Gasteiger partial charge >= 0.3 is 0 Å². The number of anilines is 1. The van der Waals surface area contributed by atoms with Crippen LogP contribution < -0.4 is 5.32 Å². The Labute approximate surface area is 131 Å². The molecular formula is C16H14F2N4O. The molecule has 0 saturated heterocycles. The second kappa shape index (κ2) is 5.75. The van der Waals surface area contributed by atoms with Gasteiger partial charge in [-0.1, -0.05) is 13.8 Å². The van der Waals surface area contributed by atoms with Crippen LogP contribution in [0.1, 0.15) is 35.9 Å². The van der Waals surface area contributed by atoms with Gasteiger partial charge in [0.25, 0.3) is 5.91 Å². The first kappa shape index (κ1) is 15.1. The van der Waals surface area contributed by atoms with Gasteiger partial charge in [-0.3, -0.25) is 9.20 Å². The van der Waals surface area contributed by atoms with Gasteiger partial charge in [0.15, 0.2) is 5.65 Å². The van der Waals surface area contributed by atoms with E-state index in [2.05, 4.69) is 15.5 Å². The van der Waals surface area contributed by atoms with Gasteiger partial charge in [0.1, 0.15) is 17.5 Å². The van der Waals surface area contributed by atoms with Crippen LogP contribution in [0.3, 0.4) is 0 Å². The van der Waals surface area contributed by atoms with E-state index in [1.54, 1.807) is 22.7 Å². The van der Waals surface area contributed by atoms with Crippen molar-refractivity contribution in [1.82, 2.24) is 14.6 Å². The van der Waals surface area contributed by atoms with Crippen LogP contribution in [0.5, 0.6) is 0 Å². The SMILES string of the molecule is CC(C)c1nnc2ccc(C(=O)Nc3cc(F)cc(F)c3)cn12. The molecule has 7 heteroatoms. The minimum absolute atomic E-state index is 0.0560. The number of benzene rings is 1. The maximum absolute atomic E-state index is 13.2. The summed E-state index contributed by atoms with van der Waals surface area (Å²) in [7, 11) is 0. The minimum Gasteiger partial charge on any atom is -0.322 e.